The third kappa shape index (κ3) is 3.63. The van der Waals surface area contributed by atoms with Crippen molar-refractivity contribution in [2.45, 2.75) is 11.8 Å². The molecule has 0 radical (unpaired) electrons. The van der Waals surface area contributed by atoms with Crippen LogP contribution in [-0.4, -0.2) is 13.4 Å². The van der Waals surface area contributed by atoms with Crippen LogP contribution in [0.15, 0.2) is 63.3 Å². The predicted molar refractivity (Wildman–Crippen MR) is 94.2 cm³/mol. The van der Waals surface area contributed by atoms with Crippen LogP contribution in [0.25, 0.3) is 10.6 Å². The van der Waals surface area contributed by atoms with Crippen molar-refractivity contribution in [2.24, 2.45) is 0 Å². The Kier molecular flexibility index (Phi) is 4.52. The molecule has 0 spiro atoms. The summed E-state index contributed by atoms with van der Waals surface area (Å²) in [5.74, 6) is 0.262. The van der Waals surface area contributed by atoms with E-state index in [1.807, 2.05) is 12.3 Å². The predicted octanol–water partition coefficient (Wildman–Crippen LogP) is 4.65. The molecule has 0 saturated carbocycles. The Hall–Kier alpha value is -1.70. The quantitative estimate of drug-likeness (QED) is 0.588. The Labute approximate surface area is 147 Å². The van der Waals surface area contributed by atoms with Crippen molar-refractivity contribution >= 4 is 37.4 Å². The standard InChI is InChI=1S/C16H12BrNO3S2/c1-11-10-22-16(18-11)12-6-8-13(9-7-12)21-23(19,20)15-5-3-2-4-14(15)17/h2-10H,1H3. The van der Waals surface area contributed by atoms with E-state index in [0.717, 1.165) is 16.3 Å². The fourth-order valence-electron chi connectivity index (χ4n) is 1.96. The number of aryl methyl sites for hydroxylation is 1. The maximum Gasteiger partial charge on any atom is 0.340 e. The van der Waals surface area contributed by atoms with Crippen LogP contribution < -0.4 is 4.18 Å². The van der Waals surface area contributed by atoms with Gasteiger partial charge in [0.25, 0.3) is 0 Å². The van der Waals surface area contributed by atoms with E-state index >= 15 is 0 Å². The Morgan fingerprint density at radius 3 is 2.39 bits per heavy atom. The van der Waals surface area contributed by atoms with Crippen LogP contribution in [0.1, 0.15) is 5.69 Å². The molecule has 2 aromatic carbocycles. The summed E-state index contributed by atoms with van der Waals surface area (Å²) >= 11 is 4.77. The number of hydrogen-bond acceptors (Lipinski definition) is 5. The van der Waals surface area contributed by atoms with E-state index in [0.29, 0.717) is 4.47 Å². The first-order valence-electron chi connectivity index (χ1n) is 6.67. The Morgan fingerprint density at radius 2 is 1.78 bits per heavy atom. The summed E-state index contributed by atoms with van der Waals surface area (Å²) in [5, 5.41) is 2.86. The number of thiazole rings is 1. The molecule has 7 heteroatoms. The van der Waals surface area contributed by atoms with Crippen LogP contribution in [0.5, 0.6) is 5.75 Å². The number of halogens is 1. The first-order chi connectivity index (χ1) is 11.0. The highest BCUT2D eigenvalue weighted by Crippen LogP contribution is 2.28. The van der Waals surface area contributed by atoms with E-state index < -0.39 is 10.1 Å². The third-order valence-electron chi connectivity index (χ3n) is 3.03. The minimum Gasteiger partial charge on any atom is -0.379 e. The number of aromatic nitrogens is 1. The largest absolute Gasteiger partial charge is 0.379 e. The van der Waals surface area contributed by atoms with E-state index in [-0.39, 0.29) is 10.6 Å². The van der Waals surface area contributed by atoms with E-state index in [1.54, 1.807) is 53.8 Å². The highest BCUT2D eigenvalue weighted by Gasteiger charge is 2.19. The first-order valence-corrected chi connectivity index (χ1v) is 9.75. The van der Waals surface area contributed by atoms with E-state index in [2.05, 4.69) is 20.9 Å². The van der Waals surface area contributed by atoms with Crippen molar-refractivity contribution in [1.82, 2.24) is 4.98 Å². The lowest BCUT2D eigenvalue weighted by Crippen LogP contribution is -2.10. The van der Waals surface area contributed by atoms with Crippen molar-refractivity contribution in [2.75, 3.05) is 0 Å². The molecule has 118 valence electrons. The maximum atomic E-state index is 12.3. The molecule has 0 amide bonds. The topological polar surface area (TPSA) is 56.3 Å². The molecule has 0 aliphatic carbocycles. The SMILES string of the molecule is Cc1csc(-c2ccc(OS(=O)(=O)c3ccccc3Br)cc2)n1. The van der Waals surface area contributed by atoms with Crippen LogP contribution in [0.3, 0.4) is 0 Å². The van der Waals surface area contributed by atoms with Gasteiger partial charge in [0.15, 0.2) is 0 Å². The Balaban J connectivity index is 1.85. The second-order valence-electron chi connectivity index (χ2n) is 4.79. The van der Waals surface area contributed by atoms with Gasteiger partial charge >= 0.3 is 10.1 Å². The zero-order valence-corrected chi connectivity index (χ0v) is 15.3. The molecule has 4 nitrogen and oxygen atoms in total. The molecule has 3 rings (SSSR count). The number of hydrogen-bond donors (Lipinski definition) is 0. The second-order valence-corrected chi connectivity index (χ2v) is 8.01. The van der Waals surface area contributed by atoms with Crippen molar-refractivity contribution in [3.05, 3.63) is 64.1 Å². The van der Waals surface area contributed by atoms with Crippen molar-refractivity contribution < 1.29 is 12.6 Å². The van der Waals surface area contributed by atoms with Crippen molar-refractivity contribution in [3.8, 4) is 16.3 Å². The molecule has 1 aromatic heterocycles. The van der Waals surface area contributed by atoms with Gasteiger partial charge in [0, 0.05) is 21.1 Å². The van der Waals surface area contributed by atoms with Crippen LogP contribution in [0, 0.1) is 6.92 Å². The van der Waals surface area contributed by atoms with Crippen LogP contribution in [0.2, 0.25) is 0 Å². The lowest BCUT2D eigenvalue weighted by Gasteiger charge is -2.08. The van der Waals surface area contributed by atoms with Gasteiger partial charge in [0.1, 0.15) is 15.7 Å². The monoisotopic (exact) mass is 409 g/mol. The van der Waals surface area contributed by atoms with Crippen LogP contribution in [0.4, 0.5) is 0 Å². The van der Waals surface area contributed by atoms with Gasteiger partial charge in [-0.25, -0.2) is 4.98 Å². The van der Waals surface area contributed by atoms with Gasteiger partial charge in [-0.2, -0.15) is 8.42 Å². The smallest absolute Gasteiger partial charge is 0.340 e. The van der Waals surface area contributed by atoms with Crippen molar-refractivity contribution in [1.29, 1.82) is 0 Å². The number of nitrogens with zero attached hydrogens (tertiary/aromatic N) is 1. The van der Waals surface area contributed by atoms with Gasteiger partial charge in [-0.15, -0.1) is 11.3 Å². The molecule has 0 aliphatic rings. The zero-order chi connectivity index (χ0) is 16.4. The molecule has 3 aromatic rings. The molecule has 0 saturated heterocycles. The molecule has 0 bridgehead atoms. The van der Waals surface area contributed by atoms with Gasteiger partial charge in [-0.05, 0) is 59.3 Å². The van der Waals surface area contributed by atoms with Gasteiger partial charge in [0.05, 0.1) is 0 Å². The minimum absolute atomic E-state index is 0.0969. The van der Waals surface area contributed by atoms with E-state index in [1.165, 1.54) is 6.07 Å². The summed E-state index contributed by atoms with van der Waals surface area (Å²) in [6.07, 6.45) is 0. The molecule has 0 unspecified atom stereocenters. The number of rotatable bonds is 4. The minimum atomic E-state index is -3.88. The van der Waals surface area contributed by atoms with Crippen molar-refractivity contribution in [3.63, 3.8) is 0 Å². The molecular weight excluding hydrogens is 398 g/mol. The van der Waals surface area contributed by atoms with Gasteiger partial charge < -0.3 is 4.18 Å². The number of benzene rings is 2. The molecule has 0 aliphatic heterocycles. The normalized spacial score (nSPS) is 11.4. The fraction of sp³-hybridized carbons (Fsp3) is 0.0625. The summed E-state index contributed by atoms with van der Waals surface area (Å²) in [4.78, 5) is 4.49. The molecule has 0 atom stereocenters. The summed E-state index contributed by atoms with van der Waals surface area (Å²) in [6.45, 7) is 1.93. The highest BCUT2D eigenvalue weighted by atomic mass is 79.9. The molecule has 0 N–H and O–H groups in total. The van der Waals surface area contributed by atoms with Gasteiger partial charge in [0.2, 0.25) is 0 Å². The lowest BCUT2D eigenvalue weighted by atomic mass is 10.2. The maximum absolute atomic E-state index is 12.3. The Bertz CT molecular complexity index is 934. The summed E-state index contributed by atoms with van der Waals surface area (Å²) < 4.78 is 30.3. The third-order valence-corrected chi connectivity index (χ3v) is 6.30. The molecule has 23 heavy (non-hydrogen) atoms. The average molecular weight is 410 g/mol. The zero-order valence-electron chi connectivity index (χ0n) is 12.1. The lowest BCUT2D eigenvalue weighted by molar-refractivity contribution is 0.485. The van der Waals surface area contributed by atoms with E-state index in [4.69, 9.17) is 4.18 Å². The average Bonchev–Trinajstić information content (AvgIpc) is 2.94. The summed E-state index contributed by atoms with van der Waals surface area (Å²) in [6, 6.07) is 13.4. The molecule has 0 fully saturated rings. The van der Waals surface area contributed by atoms with Gasteiger partial charge in [-0.1, -0.05) is 12.1 Å². The molecule has 1 heterocycles. The first kappa shape index (κ1) is 16.2. The highest BCUT2D eigenvalue weighted by molar-refractivity contribution is 9.10. The molecular formula is C16H12BrNO3S2. The van der Waals surface area contributed by atoms with Crippen LogP contribution >= 0.6 is 27.3 Å². The summed E-state index contributed by atoms with van der Waals surface area (Å²) in [5.41, 5.74) is 1.88. The fourth-order valence-corrected chi connectivity index (χ4v) is 4.65. The summed E-state index contributed by atoms with van der Waals surface area (Å²) in [7, 11) is -3.88. The van der Waals surface area contributed by atoms with E-state index in [9.17, 15) is 8.42 Å². The van der Waals surface area contributed by atoms with Crippen LogP contribution in [-0.2, 0) is 10.1 Å². The Morgan fingerprint density at radius 1 is 1.09 bits per heavy atom. The van der Waals surface area contributed by atoms with Gasteiger partial charge in [-0.3, -0.25) is 0 Å². The second kappa shape index (κ2) is 6.43.